The minimum atomic E-state index is -0.890. The van der Waals surface area contributed by atoms with E-state index in [1.54, 1.807) is 19.1 Å². The Labute approximate surface area is 145 Å². The van der Waals surface area contributed by atoms with Crippen LogP contribution in [0.1, 0.15) is 18.1 Å². The Hall–Kier alpha value is -1.75. The second-order valence-electron chi connectivity index (χ2n) is 5.09. The van der Waals surface area contributed by atoms with Crippen LogP contribution in [-0.2, 0) is 17.9 Å². The van der Waals surface area contributed by atoms with Gasteiger partial charge in [0.05, 0.1) is 10.0 Å². The molecule has 2 aromatic carbocycles. The predicted octanol–water partition coefficient (Wildman–Crippen LogP) is 4.14. The predicted molar refractivity (Wildman–Crippen MR) is 91.2 cm³/mol. The monoisotopic (exact) mass is 353 g/mol. The molecule has 0 bridgehead atoms. The van der Waals surface area contributed by atoms with Crippen LogP contribution in [0.5, 0.6) is 5.75 Å². The van der Waals surface area contributed by atoms with Crippen LogP contribution in [0.25, 0.3) is 0 Å². The van der Waals surface area contributed by atoms with Crippen molar-refractivity contribution >= 4 is 29.2 Å². The second-order valence-corrected chi connectivity index (χ2v) is 5.90. The average Bonchev–Trinajstić information content (AvgIpc) is 2.54. The second kappa shape index (κ2) is 8.20. The minimum Gasteiger partial charge on any atom is -0.489 e. The summed E-state index contributed by atoms with van der Waals surface area (Å²) >= 11 is 11.9. The Morgan fingerprint density at radius 3 is 2.65 bits per heavy atom. The van der Waals surface area contributed by atoms with Crippen molar-refractivity contribution in [3.8, 4) is 5.75 Å². The van der Waals surface area contributed by atoms with Crippen LogP contribution in [0.4, 0.5) is 0 Å². The van der Waals surface area contributed by atoms with Crippen molar-refractivity contribution in [1.82, 2.24) is 5.32 Å². The molecule has 0 amide bonds. The largest absolute Gasteiger partial charge is 0.489 e. The number of ether oxygens (including phenoxy) is 1. The van der Waals surface area contributed by atoms with Gasteiger partial charge in [0, 0.05) is 12.1 Å². The summed E-state index contributed by atoms with van der Waals surface area (Å²) in [5, 5.41) is 12.8. The number of benzene rings is 2. The van der Waals surface area contributed by atoms with Crippen LogP contribution in [0.15, 0.2) is 42.5 Å². The lowest BCUT2D eigenvalue weighted by Crippen LogP contribution is -2.33. The van der Waals surface area contributed by atoms with Crippen molar-refractivity contribution < 1.29 is 14.6 Å². The molecule has 0 aliphatic carbocycles. The molecule has 0 aliphatic heterocycles. The molecule has 0 spiro atoms. The highest BCUT2D eigenvalue weighted by atomic mass is 35.5. The normalized spacial score (nSPS) is 12.0. The number of hydrogen-bond donors (Lipinski definition) is 2. The number of nitrogens with one attached hydrogen (secondary N) is 1. The van der Waals surface area contributed by atoms with Gasteiger partial charge in [-0.2, -0.15) is 0 Å². The van der Waals surface area contributed by atoms with Gasteiger partial charge in [-0.05, 0) is 30.7 Å². The van der Waals surface area contributed by atoms with Gasteiger partial charge in [0.15, 0.2) is 0 Å². The highest BCUT2D eigenvalue weighted by molar-refractivity contribution is 6.42. The molecule has 0 heterocycles. The fourth-order valence-electron chi connectivity index (χ4n) is 1.93. The van der Waals surface area contributed by atoms with Crippen molar-refractivity contribution in [2.24, 2.45) is 0 Å². The first kappa shape index (κ1) is 17.6. The Balaban J connectivity index is 2.02. The molecular formula is C17H17Cl2NO3. The smallest absolute Gasteiger partial charge is 0.320 e. The van der Waals surface area contributed by atoms with Crippen LogP contribution >= 0.6 is 23.2 Å². The van der Waals surface area contributed by atoms with E-state index in [1.807, 2.05) is 30.3 Å². The van der Waals surface area contributed by atoms with E-state index in [9.17, 15) is 4.79 Å². The van der Waals surface area contributed by atoms with Crippen LogP contribution in [-0.4, -0.2) is 17.1 Å². The molecule has 1 unspecified atom stereocenters. The van der Waals surface area contributed by atoms with E-state index in [0.29, 0.717) is 28.9 Å². The molecule has 0 saturated heterocycles. The van der Waals surface area contributed by atoms with Gasteiger partial charge >= 0.3 is 5.97 Å². The van der Waals surface area contributed by atoms with E-state index in [0.717, 1.165) is 11.1 Å². The van der Waals surface area contributed by atoms with Gasteiger partial charge < -0.3 is 15.2 Å². The number of carboxylic acid groups (broad SMARTS) is 1. The van der Waals surface area contributed by atoms with Gasteiger partial charge in [0.2, 0.25) is 0 Å². The average molecular weight is 354 g/mol. The first-order valence-electron chi connectivity index (χ1n) is 7.08. The first-order chi connectivity index (χ1) is 11.0. The summed E-state index contributed by atoms with van der Waals surface area (Å²) in [6.07, 6.45) is 0. The fourth-order valence-corrected chi connectivity index (χ4v) is 2.25. The molecule has 2 aromatic rings. The third kappa shape index (κ3) is 5.13. The van der Waals surface area contributed by atoms with Crippen molar-refractivity contribution in [3.05, 3.63) is 63.6 Å². The Morgan fingerprint density at radius 2 is 1.96 bits per heavy atom. The van der Waals surface area contributed by atoms with Gasteiger partial charge in [-0.25, -0.2) is 0 Å². The highest BCUT2D eigenvalue weighted by Gasteiger charge is 2.11. The van der Waals surface area contributed by atoms with E-state index in [1.165, 1.54) is 0 Å². The van der Waals surface area contributed by atoms with Gasteiger partial charge in [-0.15, -0.1) is 0 Å². The van der Waals surface area contributed by atoms with Crippen LogP contribution in [0, 0.1) is 0 Å². The Bertz CT molecular complexity index is 691. The van der Waals surface area contributed by atoms with Crippen molar-refractivity contribution in [1.29, 1.82) is 0 Å². The molecule has 2 rings (SSSR count). The number of para-hydroxylation sites is 1. The van der Waals surface area contributed by atoms with Crippen LogP contribution in [0.3, 0.4) is 0 Å². The Morgan fingerprint density at radius 1 is 1.22 bits per heavy atom. The zero-order valence-electron chi connectivity index (χ0n) is 12.6. The molecule has 0 aliphatic rings. The van der Waals surface area contributed by atoms with Gasteiger partial charge in [0.25, 0.3) is 0 Å². The fraction of sp³-hybridized carbons (Fsp3) is 0.235. The number of carbonyl (C=O) groups is 1. The molecular weight excluding hydrogens is 337 g/mol. The van der Waals surface area contributed by atoms with Crippen molar-refractivity contribution in [2.45, 2.75) is 26.1 Å². The van der Waals surface area contributed by atoms with Gasteiger partial charge in [-0.1, -0.05) is 47.5 Å². The molecule has 122 valence electrons. The van der Waals surface area contributed by atoms with E-state index in [4.69, 9.17) is 33.0 Å². The summed E-state index contributed by atoms with van der Waals surface area (Å²) < 4.78 is 5.82. The lowest BCUT2D eigenvalue weighted by molar-refractivity contribution is -0.139. The Kier molecular flexibility index (Phi) is 6.28. The van der Waals surface area contributed by atoms with Gasteiger partial charge in [0.1, 0.15) is 18.4 Å². The van der Waals surface area contributed by atoms with Crippen molar-refractivity contribution in [2.75, 3.05) is 0 Å². The summed E-state index contributed by atoms with van der Waals surface area (Å²) in [5.41, 5.74) is 1.79. The zero-order chi connectivity index (χ0) is 16.8. The highest BCUT2D eigenvalue weighted by Crippen LogP contribution is 2.24. The standard InChI is InChI=1S/C17H17Cl2NO3/c1-11(17(21)22)20-9-13-4-2-3-5-16(13)23-10-12-6-7-14(18)15(19)8-12/h2-8,11,20H,9-10H2,1H3,(H,21,22). The molecule has 1 atom stereocenters. The number of rotatable bonds is 7. The lowest BCUT2D eigenvalue weighted by Gasteiger charge is -2.14. The number of carboxylic acids is 1. The molecule has 23 heavy (non-hydrogen) atoms. The summed E-state index contributed by atoms with van der Waals surface area (Å²) in [6, 6.07) is 12.2. The number of hydrogen-bond acceptors (Lipinski definition) is 3. The summed E-state index contributed by atoms with van der Waals surface area (Å²) in [7, 11) is 0. The molecule has 0 fully saturated rings. The zero-order valence-corrected chi connectivity index (χ0v) is 14.1. The van der Waals surface area contributed by atoms with E-state index in [-0.39, 0.29) is 0 Å². The summed E-state index contributed by atoms with van der Waals surface area (Å²) in [5.74, 6) is -0.192. The minimum absolute atomic E-state index is 0.350. The maximum absolute atomic E-state index is 10.9. The molecule has 0 radical (unpaired) electrons. The lowest BCUT2D eigenvalue weighted by atomic mass is 10.2. The molecule has 2 N–H and O–H groups in total. The van der Waals surface area contributed by atoms with Crippen molar-refractivity contribution in [3.63, 3.8) is 0 Å². The number of halogens is 2. The maximum atomic E-state index is 10.9. The molecule has 6 heteroatoms. The topological polar surface area (TPSA) is 58.6 Å². The first-order valence-corrected chi connectivity index (χ1v) is 7.84. The van der Waals surface area contributed by atoms with E-state index in [2.05, 4.69) is 5.32 Å². The van der Waals surface area contributed by atoms with Gasteiger partial charge in [-0.3, -0.25) is 4.79 Å². The third-order valence-electron chi connectivity index (χ3n) is 3.32. The SMILES string of the molecule is CC(NCc1ccccc1OCc1ccc(Cl)c(Cl)c1)C(=O)O. The number of aliphatic carboxylic acids is 1. The summed E-state index contributed by atoms with van der Waals surface area (Å²) in [4.78, 5) is 10.9. The molecule has 4 nitrogen and oxygen atoms in total. The maximum Gasteiger partial charge on any atom is 0.320 e. The van der Waals surface area contributed by atoms with E-state index < -0.39 is 12.0 Å². The molecule has 0 saturated carbocycles. The van der Waals surface area contributed by atoms with Crippen LogP contribution in [0.2, 0.25) is 10.0 Å². The molecule has 0 aromatic heterocycles. The summed E-state index contributed by atoms with van der Waals surface area (Å²) in [6.45, 7) is 2.36. The van der Waals surface area contributed by atoms with Crippen LogP contribution < -0.4 is 10.1 Å². The quantitative estimate of drug-likeness (QED) is 0.785. The van der Waals surface area contributed by atoms with E-state index >= 15 is 0 Å². The third-order valence-corrected chi connectivity index (χ3v) is 4.06.